The Labute approximate surface area is 237 Å². The molecule has 0 saturated heterocycles. The molecule has 0 radical (unpaired) electrons. The highest BCUT2D eigenvalue weighted by molar-refractivity contribution is 6.38. The Morgan fingerprint density at radius 3 is 1.59 bits per heavy atom. The number of pyridine rings is 1. The lowest BCUT2D eigenvalue weighted by atomic mass is 9.89. The predicted molar refractivity (Wildman–Crippen MR) is 176 cm³/mol. The van der Waals surface area contributed by atoms with Crippen molar-refractivity contribution in [1.29, 1.82) is 0 Å². The van der Waals surface area contributed by atoms with Crippen molar-refractivity contribution in [3.8, 4) is 22.4 Å². The molecule has 0 fully saturated rings. The van der Waals surface area contributed by atoms with E-state index in [1.165, 1.54) is 81.9 Å². The van der Waals surface area contributed by atoms with Crippen molar-refractivity contribution in [1.82, 2.24) is 4.40 Å². The van der Waals surface area contributed by atoms with Gasteiger partial charge in [-0.1, -0.05) is 140 Å². The van der Waals surface area contributed by atoms with Crippen molar-refractivity contribution >= 4 is 59.5 Å². The zero-order valence-corrected chi connectivity index (χ0v) is 22.4. The van der Waals surface area contributed by atoms with Crippen molar-refractivity contribution in [3.63, 3.8) is 0 Å². The van der Waals surface area contributed by atoms with Crippen LogP contribution >= 0.6 is 0 Å². The van der Waals surface area contributed by atoms with Crippen LogP contribution in [0.2, 0.25) is 0 Å². The van der Waals surface area contributed by atoms with E-state index in [9.17, 15) is 0 Å². The number of benzene rings is 7. The van der Waals surface area contributed by atoms with E-state index in [-0.39, 0.29) is 0 Å². The van der Waals surface area contributed by atoms with Crippen molar-refractivity contribution in [2.75, 3.05) is 0 Å². The van der Waals surface area contributed by atoms with Crippen LogP contribution in [0.1, 0.15) is 0 Å². The van der Waals surface area contributed by atoms with E-state index in [1.807, 2.05) is 0 Å². The van der Waals surface area contributed by atoms with Crippen LogP contribution in [-0.4, -0.2) is 4.40 Å². The SMILES string of the molecule is c1ccc(-c2cc(-c3ccccc3)n3c4ccc5ccccc5c4c4c5ccccc5c5ccccc5c4c23)cc1. The van der Waals surface area contributed by atoms with Gasteiger partial charge in [-0.3, -0.25) is 0 Å². The van der Waals surface area contributed by atoms with Gasteiger partial charge in [0.05, 0.1) is 16.7 Å². The van der Waals surface area contributed by atoms with Crippen molar-refractivity contribution in [3.05, 3.63) is 152 Å². The molecule has 1 nitrogen and oxygen atoms in total. The molecule has 9 aromatic rings. The van der Waals surface area contributed by atoms with Crippen LogP contribution in [0.25, 0.3) is 81.9 Å². The molecule has 41 heavy (non-hydrogen) atoms. The molecule has 0 bridgehead atoms. The summed E-state index contributed by atoms with van der Waals surface area (Å²) in [6.45, 7) is 0. The lowest BCUT2D eigenvalue weighted by Crippen LogP contribution is -1.96. The van der Waals surface area contributed by atoms with Crippen LogP contribution < -0.4 is 0 Å². The van der Waals surface area contributed by atoms with Gasteiger partial charge in [0.15, 0.2) is 0 Å². The maximum Gasteiger partial charge on any atom is 0.0626 e. The fourth-order valence-electron chi connectivity index (χ4n) is 7.02. The minimum Gasteiger partial charge on any atom is -0.308 e. The van der Waals surface area contributed by atoms with Crippen LogP contribution in [0.3, 0.4) is 0 Å². The molecule has 0 saturated carbocycles. The second-order valence-corrected chi connectivity index (χ2v) is 10.9. The first kappa shape index (κ1) is 22.4. The predicted octanol–water partition coefficient (Wildman–Crippen LogP) is 11.0. The van der Waals surface area contributed by atoms with E-state index < -0.39 is 0 Å². The molecule has 9 rings (SSSR count). The summed E-state index contributed by atoms with van der Waals surface area (Å²) in [5, 5.41) is 11.7. The molecule has 0 aliphatic rings. The molecule has 0 unspecified atom stereocenters. The Morgan fingerprint density at radius 2 is 0.902 bits per heavy atom. The highest BCUT2D eigenvalue weighted by Gasteiger charge is 2.23. The average Bonchev–Trinajstić information content (AvgIpc) is 3.46. The Morgan fingerprint density at radius 1 is 0.366 bits per heavy atom. The van der Waals surface area contributed by atoms with Gasteiger partial charge in [-0.05, 0) is 55.6 Å². The maximum absolute atomic E-state index is 2.53. The third-order valence-corrected chi connectivity index (χ3v) is 8.72. The molecule has 2 heterocycles. The fourth-order valence-corrected chi connectivity index (χ4v) is 7.02. The lowest BCUT2D eigenvalue weighted by molar-refractivity contribution is 1.29. The molecule has 0 amide bonds. The molecule has 0 aliphatic carbocycles. The van der Waals surface area contributed by atoms with Gasteiger partial charge in [0.1, 0.15) is 0 Å². The molecular formula is C40H25N. The third kappa shape index (κ3) is 3.12. The Bertz CT molecular complexity index is 2450. The highest BCUT2D eigenvalue weighted by Crippen LogP contribution is 2.47. The zero-order chi connectivity index (χ0) is 26.9. The Kier molecular flexibility index (Phi) is 4.67. The summed E-state index contributed by atoms with van der Waals surface area (Å²) < 4.78 is 2.53. The molecule has 0 atom stereocenters. The Balaban J connectivity index is 1.70. The first-order valence-electron chi connectivity index (χ1n) is 14.2. The molecule has 7 aromatic carbocycles. The van der Waals surface area contributed by atoms with Gasteiger partial charge >= 0.3 is 0 Å². The van der Waals surface area contributed by atoms with Crippen molar-refractivity contribution in [2.45, 2.75) is 0 Å². The largest absolute Gasteiger partial charge is 0.308 e. The quantitative estimate of drug-likeness (QED) is 0.200. The summed E-state index contributed by atoms with van der Waals surface area (Å²) in [5.74, 6) is 0. The zero-order valence-electron chi connectivity index (χ0n) is 22.4. The van der Waals surface area contributed by atoms with Gasteiger partial charge in [0.2, 0.25) is 0 Å². The topological polar surface area (TPSA) is 4.41 Å². The van der Waals surface area contributed by atoms with E-state index >= 15 is 0 Å². The highest BCUT2D eigenvalue weighted by atomic mass is 14.9. The van der Waals surface area contributed by atoms with Crippen LogP contribution in [0, 0.1) is 0 Å². The molecule has 0 aliphatic heterocycles. The monoisotopic (exact) mass is 519 g/mol. The average molecular weight is 520 g/mol. The molecule has 0 spiro atoms. The Hall–Kier alpha value is -5.40. The first-order chi connectivity index (χ1) is 20.4. The van der Waals surface area contributed by atoms with Crippen molar-refractivity contribution < 1.29 is 0 Å². The second-order valence-electron chi connectivity index (χ2n) is 10.9. The minimum absolute atomic E-state index is 1.21. The van der Waals surface area contributed by atoms with Crippen LogP contribution in [-0.2, 0) is 0 Å². The summed E-state index contributed by atoms with van der Waals surface area (Å²) in [7, 11) is 0. The number of hydrogen-bond acceptors (Lipinski definition) is 0. The van der Waals surface area contributed by atoms with Crippen LogP contribution in [0.4, 0.5) is 0 Å². The molecule has 0 N–H and O–H groups in total. The number of aromatic nitrogens is 1. The minimum atomic E-state index is 1.21. The maximum atomic E-state index is 2.53. The van der Waals surface area contributed by atoms with Gasteiger partial charge in [0, 0.05) is 21.7 Å². The van der Waals surface area contributed by atoms with Gasteiger partial charge < -0.3 is 4.40 Å². The van der Waals surface area contributed by atoms with Gasteiger partial charge in [0.25, 0.3) is 0 Å². The normalized spacial score (nSPS) is 11.9. The van der Waals surface area contributed by atoms with E-state index in [2.05, 4.69) is 156 Å². The number of rotatable bonds is 2. The molecule has 190 valence electrons. The van der Waals surface area contributed by atoms with E-state index in [0.717, 1.165) is 0 Å². The summed E-state index contributed by atoms with van der Waals surface area (Å²) in [6, 6.07) is 55.4. The standard InChI is InChI=1S/C40H25N/c1-3-13-26(14-4-1)34-25-36(28-16-5-2-6-17-28)41-35-24-23-27-15-7-8-18-29(27)37(35)38-32-21-11-9-19-30(32)31-20-10-12-22-33(31)39(38)40(34)41/h1-25H. The van der Waals surface area contributed by atoms with Gasteiger partial charge in [-0.25, -0.2) is 0 Å². The van der Waals surface area contributed by atoms with E-state index in [0.29, 0.717) is 0 Å². The molecular weight excluding hydrogens is 494 g/mol. The number of nitrogens with zero attached hydrogens (tertiary/aromatic N) is 1. The number of hydrogen-bond donors (Lipinski definition) is 0. The fraction of sp³-hybridized carbons (Fsp3) is 0. The van der Waals surface area contributed by atoms with Crippen LogP contribution in [0.5, 0.6) is 0 Å². The first-order valence-corrected chi connectivity index (χ1v) is 14.2. The smallest absolute Gasteiger partial charge is 0.0626 e. The van der Waals surface area contributed by atoms with Gasteiger partial charge in [-0.2, -0.15) is 0 Å². The van der Waals surface area contributed by atoms with Gasteiger partial charge in [-0.15, -0.1) is 0 Å². The summed E-state index contributed by atoms with van der Waals surface area (Å²) in [6.07, 6.45) is 0. The summed E-state index contributed by atoms with van der Waals surface area (Å²) >= 11 is 0. The van der Waals surface area contributed by atoms with Crippen molar-refractivity contribution in [2.24, 2.45) is 0 Å². The van der Waals surface area contributed by atoms with E-state index in [1.54, 1.807) is 0 Å². The molecule has 1 heteroatoms. The lowest BCUT2D eigenvalue weighted by Gasteiger charge is -2.19. The third-order valence-electron chi connectivity index (χ3n) is 8.72. The number of fused-ring (bicyclic) bond motifs is 13. The second kappa shape index (κ2) is 8.55. The summed E-state index contributed by atoms with van der Waals surface area (Å²) in [4.78, 5) is 0. The van der Waals surface area contributed by atoms with Crippen LogP contribution in [0.15, 0.2) is 152 Å². The summed E-state index contributed by atoms with van der Waals surface area (Å²) in [5.41, 5.74) is 7.39. The van der Waals surface area contributed by atoms with E-state index in [4.69, 9.17) is 0 Å². The molecule has 2 aromatic heterocycles.